The fraction of sp³-hybridized carbons (Fsp3) is 0.867. The third-order valence-corrected chi connectivity index (χ3v) is 4.63. The van der Waals surface area contributed by atoms with Crippen LogP contribution >= 0.6 is 0 Å². The molecule has 2 rings (SSSR count). The van der Waals surface area contributed by atoms with Gasteiger partial charge >= 0.3 is 0 Å². The summed E-state index contributed by atoms with van der Waals surface area (Å²) in [4.78, 5) is 26.9. The highest BCUT2D eigenvalue weighted by atomic mass is 16.5. The first-order valence-corrected chi connectivity index (χ1v) is 7.39. The number of rotatable bonds is 2. The standard InChI is InChI=1S/C15H26N2O3/c1-14(2)13(19)17(15(3,4)12(18)16-14)10-7-6-8-11(9-10)20-5/h10-11H,6-9H2,1-5H3,(H,16,18). The maximum atomic E-state index is 12.8. The van der Waals surface area contributed by atoms with E-state index in [9.17, 15) is 9.59 Å². The fourth-order valence-corrected chi connectivity index (χ4v) is 3.35. The summed E-state index contributed by atoms with van der Waals surface area (Å²) < 4.78 is 5.46. The minimum absolute atomic E-state index is 0.00357. The number of nitrogens with zero attached hydrogens (tertiary/aromatic N) is 1. The Labute approximate surface area is 121 Å². The smallest absolute Gasteiger partial charge is 0.248 e. The molecule has 1 aliphatic heterocycles. The van der Waals surface area contributed by atoms with Crippen LogP contribution in [0.2, 0.25) is 0 Å². The Morgan fingerprint density at radius 1 is 1.20 bits per heavy atom. The summed E-state index contributed by atoms with van der Waals surface area (Å²) in [5.74, 6) is -0.0782. The average Bonchev–Trinajstić information content (AvgIpc) is 2.37. The quantitative estimate of drug-likeness (QED) is 0.834. The van der Waals surface area contributed by atoms with Gasteiger partial charge in [-0.2, -0.15) is 0 Å². The molecule has 1 aliphatic carbocycles. The predicted octanol–water partition coefficient (Wildman–Crippen LogP) is 1.46. The number of hydrogen-bond acceptors (Lipinski definition) is 3. The molecule has 0 radical (unpaired) electrons. The van der Waals surface area contributed by atoms with Gasteiger partial charge in [0.05, 0.1) is 6.10 Å². The summed E-state index contributed by atoms with van der Waals surface area (Å²) in [5, 5.41) is 2.83. The molecule has 0 bridgehead atoms. The molecule has 0 aromatic rings. The second kappa shape index (κ2) is 5.02. The molecule has 1 heterocycles. The van der Waals surface area contributed by atoms with Crippen LogP contribution in [0, 0.1) is 0 Å². The van der Waals surface area contributed by atoms with Crippen LogP contribution < -0.4 is 5.32 Å². The van der Waals surface area contributed by atoms with Gasteiger partial charge in [0.15, 0.2) is 0 Å². The van der Waals surface area contributed by atoms with Crippen molar-refractivity contribution in [3.05, 3.63) is 0 Å². The Bertz CT molecular complexity index is 417. The van der Waals surface area contributed by atoms with E-state index in [2.05, 4.69) is 5.32 Å². The van der Waals surface area contributed by atoms with Crippen molar-refractivity contribution in [2.24, 2.45) is 0 Å². The highest BCUT2D eigenvalue weighted by Crippen LogP contribution is 2.34. The molecule has 1 N–H and O–H groups in total. The number of carbonyl (C=O) groups excluding carboxylic acids is 2. The van der Waals surface area contributed by atoms with E-state index in [1.54, 1.807) is 25.9 Å². The van der Waals surface area contributed by atoms with Crippen molar-refractivity contribution in [1.29, 1.82) is 0 Å². The molecule has 0 spiro atoms. The summed E-state index contributed by atoms with van der Waals surface area (Å²) in [7, 11) is 1.72. The van der Waals surface area contributed by atoms with Crippen molar-refractivity contribution >= 4 is 11.8 Å². The maximum absolute atomic E-state index is 12.8. The minimum atomic E-state index is -0.827. The lowest BCUT2D eigenvalue weighted by Crippen LogP contribution is -2.74. The summed E-state index contributed by atoms with van der Waals surface area (Å²) in [5.41, 5.74) is -1.63. The highest BCUT2D eigenvalue weighted by Gasteiger charge is 2.52. The monoisotopic (exact) mass is 282 g/mol. The van der Waals surface area contributed by atoms with Crippen LogP contribution in [0.4, 0.5) is 0 Å². The van der Waals surface area contributed by atoms with E-state index in [0.717, 1.165) is 25.7 Å². The number of ether oxygens (including phenoxy) is 1. The van der Waals surface area contributed by atoms with Crippen LogP contribution in [0.5, 0.6) is 0 Å². The fourth-order valence-electron chi connectivity index (χ4n) is 3.35. The molecular weight excluding hydrogens is 256 g/mol. The van der Waals surface area contributed by atoms with E-state index in [4.69, 9.17) is 4.74 Å². The Balaban J connectivity index is 2.30. The van der Waals surface area contributed by atoms with Crippen LogP contribution in [-0.2, 0) is 14.3 Å². The third-order valence-electron chi connectivity index (χ3n) is 4.63. The summed E-state index contributed by atoms with van der Waals surface area (Å²) >= 11 is 0. The zero-order chi connectivity index (χ0) is 15.1. The number of nitrogens with one attached hydrogen (secondary N) is 1. The minimum Gasteiger partial charge on any atom is -0.381 e. The van der Waals surface area contributed by atoms with E-state index < -0.39 is 11.1 Å². The van der Waals surface area contributed by atoms with E-state index >= 15 is 0 Å². The van der Waals surface area contributed by atoms with Crippen molar-refractivity contribution in [2.45, 2.75) is 76.6 Å². The molecule has 20 heavy (non-hydrogen) atoms. The van der Waals surface area contributed by atoms with Gasteiger partial charge in [0.1, 0.15) is 11.1 Å². The molecule has 2 fully saturated rings. The van der Waals surface area contributed by atoms with Gasteiger partial charge in [0.25, 0.3) is 0 Å². The SMILES string of the molecule is COC1CCCC(N2C(=O)C(C)(C)NC(=O)C2(C)C)C1. The Kier molecular flexibility index (Phi) is 3.84. The van der Waals surface area contributed by atoms with Crippen molar-refractivity contribution in [3.63, 3.8) is 0 Å². The first kappa shape index (κ1) is 15.3. The van der Waals surface area contributed by atoms with E-state index in [1.165, 1.54) is 0 Å². The first-order chi connectivity index (χ1) is 9.20. The Morgan fingerprint density at radius 2 is 1.85 bits per heavy atom. The van der Waals surface area contributed by atoms with Gasteiger partial charge < -0.3 is 15.0 Å². The van der Waals surface area contributed by atoms with Crippen LogP contribution in [0.3, 0.4) is 0 Å². The molecule has 1 saturated heterocycles. The van der Waals surface area contributed by atoms with Gasteiger partial charge in [0, 0.05) is 13.2 Å². The van der Waals surface area contributed by atoms with Gasteiger partial charge in [-0.25, -0.2) is 0 Å². The average molecular weight is 282 g/mol. The van der Waals surface area contributed by atoms with Crippen molar-refractivity contribution in [3.8, 4) is 0 Å². The Morgan fingerprint density at radius 3 is 2.45 bits per heavy atom. The molecule has 5 nitrogen and oxygen atoms in total. The largest absolute Gasteiger partial charge is 0.381 e. The van der Waals surface area contributed by atoms with Crippen molar-refractivity contribution in [1.82, 2.24) is 10.2 Å². The lowest BCUT2D eigenvalue weighted by atomic mass is 9.83. The predicted molar refractivity (Wildman–Crippen MR) is 76.2 cm³/mol. The van der Waals surface area contributed by atoms with Crippen molar-refractivity contribution in [2.75, 3.05) is 7.11 Å². The van der Waals surface area contributed by atoms with Gasteiger partial charge in [-0.05, 0) is 53.4 Å². The van der Waals surface area contributed by atoms with E-state index in [1.807, 2.05) is 13.8 Å². The molecule has 2 amide bonds. The van der Waals surface area contributed by atoms with Crippen LogP contribution in [0.25, 0.3) is 0 Å². The molecule has 2 aliphatic rings. The number of carbonyl (C=O) groups is 2. The van der Waals surface area contributed by atoms with Gasteiger partial charge in [0.2, 0.25) is 11.8 Å². The molecule has 2 unspecified atom stereocenters. The first-order valence-electron chi connectivity index (χ1n) is 7.39. The third kappa shape index (κ3) is 2.43. The summed E-state index contributed by atoms with van der Waals surface area (Å²) in [6.07, 6.45) is 4.01. The lowest BCUT2D eigenvalue weighted by Gasteiger charge is -2.52. The van der Waals surface area contributed by atoms with Gasteiger partial charge in [-0.1, -0.05) is 0 Å². The van der Waals surface area contributed by atoms with Crippen LogP contribution in [-0.4, -0.2) is 47.0 Å². The Hall–Kier alpha value is -1.10. The number of amides is 2. The lowest BCUT2D eigenvalue weighted by molar-refractivity contribution is -0.165. The molecular formula is C15H26N2O3. The highest BCUT2D eigenvalue weighted by molar-refractivity contribution is 6.01. The molecule has 114 valence electrons. The van der Waals surface area contributed by atoms with E-state index in [0.29, 0.717) is 0 Å². The van der Waals surface area contributed by atoms with Crippen LogP contribution in [0.15, 0.2) is 0 Å². The second-order valence-electron chi connectivity index (χ2n) is 6.99. The number of methoxy groups -OCH3 is 1. The molecule has 1 saturated carbocycles. The maximum Gasteiger partial charge on any atom is 0.248 e. The normalized spacial score (nSPS) is 33.0. The van der Waals surface area contributed by atoms with E-state index in [-0.39, 0.29) is 24.0 Å². The summed E-state index contributed by atoms with van der Waals surface area (Å²) in [6, 6.07) is 0.0847. The topological polar surface area (TPSA) is 58.6 Å². The zero-order valence-electron chi connectivity index (χ0n) is 13.2. The van der Waals surface area contributed by atoms with Crippen LogP contribution in [0.1, 0.15) is 53.4 Å². The number of piperazine rings is 1. The van der Waals surface area contributed by atoms with Gasteiger partial charge in [-0.3, -0.25) is 9.59 Å². The number of hydrogen-bond donors (Lipinski definition) is 1. The molecule has 5 heteroatoms. The van der Waals surface area contributed by atoms with Crippen molar-refractivity contribution < 1.29 is 14.3 Å². The molecule has 2 atom stereocenters. The molecule has 0 aromatic heterocycles. The van der Waals surface area contributed by atoms with Gasteiger partial charge in [-0.15, -0.1) is 0 Å². The molecule has 0 aromatic carbocycles. The summed E-state index contributed by atoms with van der Waals surface area (Å²) in [6.45, 7) is 7.19. The zero-order valence-corrected chi connectivity index (χ0v) is 13.2. The second-order valence-corrected chi connectivity index (χ2v) is 6.99.